The zero-order valence-corrected chi connectivity index (χ0v) is 19.4. The Kier molecular flexibility index (Phi) is 9.22. The first-order valence-electron chi connectivity index (χ1n) is 9.85. The second kappa shape index (κ2) is 11.6. The van der Waals surface area contributed by atoms with Gasteiger partial charge in [-0.25, -0.2) is 9.18 Å². The number of hydrogen-bond donors (Lipinski definition) is 3. The minimum atomic E-state index is -0.722. The fourth-order valence-corrected chi connectivity index (χ4v) is 3.37. The molecule has 3 aromatic rings. The lowest BCUT2D eigenvalue weighted by molar-refractivity contribution is -0.121. The fraction of sp³-hybridized carbons (Fsp3) is 0.227. The summed E-state index contributed by atoms with van der Waals surface area (Å²) in [7, 11) is 0. The molecule has 0 saturated heterocycles. The molecular formula is C22H24Cl2FN5O3. The average Bonchev–Trinajstić information content (AvgIpc) is 2.77. The first-order chi connectivity index (χ1) is 15.3. The number of carbonyl (C=O) groups excluding carboxylic acids is 1. The van der Waals surface area contributed by atoms with Crippen LogP contribution in [0.15, 0.2) is 58.1 Å². The lowest BCUT2D eigenvalue weighted by atomic mass is 10.1. The summed E-state index contributed by atoms with van der Waals surface area (Å²) >= 11 is 6.04. The zero-order chi connectivity index (χ0) is 23.3. The van der Waals surface area contributed by atoms with Crippen molar-refractivity contribution in [1.82, 2.24) is 14.6 Å². The van der Waals surface area contributed by atoms with Gasteiger partial charge in [0.25, 0.3) is 5.56 Å². The second-order valence-corrected chi connectivity index (χ2v) is 7.56. The van der Waals surface area contributed by atoms with Crippen molar-refractivity contribution in [2.45, 2.75) is 33.1 Å². The fourth-order valence-electron chi connectivity index (χ4n) is 3.19. The van der Waals surface area contributed by atoms with Crippen LogP contribution in [0.5, 0.6) is 0 Å². The summed E-state index contributed by atoms with van der Waals surface area (Å²) in [5, 5.41) is 3.05. The van der Waals surface area contributed by atoms with Crippen molar-refractivity contribution in [2.24, 2.45) is 5.73 Å². The van der Waals surface area contributed by atoms with E-state index in [4.69, 9.17) is 17.3 Å². The van der Waals surface area contributed by atoms with Gasteiger partial charge in [0.2, 0.25) is 5.91 Å². The molecule has 0 aliphatic heterocycles. The van der Waals surface area contributed by atoms with E-state index in [0.29, 0.717) is 17.8 Å². The van der Waals surface area contributed by atoms with Crippen LogP contribution >= 0.6 is 24.0 Å². The number of halogens is 3. The highest BCUT2D eigenvalue weighted by molar-refractivity contribution is 6.31. The number of carbonyl (C=O) groups is 1. The Hall–Kier alpha value is -3.14. The standard InChI is InChI=1S/C22H23ClFN5O3.ClH/c1-14-8-21(31)29(27-12-17-9-18(24)6-7-19(17)23)22(32)28(14)13-20(30)26-11-16-5-3-2-4-15(16)10-25;/h2-9,27H,10-13,25H2,1H3,(H,26,30);1H. The van der Waals surface area contributed by atoms with Crippen molar-refractivity contribution in [3.63, 3.8) is 0 Å². The highest BCUT2D eigenvalue weighted by Gasteiger charge is 2.13. The molecular weight excluding hydrogens is 472 g/mol. The maximum absolute atomic E-state index is 13.5. The summed E-state index contributed by atoms with van der Waals surface area (Å²) < 4.78 is 15.4. The van der Waals surface area contributed by atoms with E-state index >= 15 is 0 Å². The number of aromatic nitrogens is 2. The van der Waals surface area contributed by atoms with E-state index < -0.39 is 23.0 Å². The Balaban J connectivity index is 0.00000385. The number of hydrogen-bond acceptors (Lipinski definition) is 5. The molecule has 0 atom stereocenters. The number of nitrogens with one attached hydrogen (secondary N) is 2. The Morgan fingerprint density at radius 1 is 1.06 bits per heavy atom. The SMILES string of the molecule is Cc1cc(=O)n(NCc2cc(F)ccc2Cl)c(=O)n1CC(=O)NCc1ccccc1CN.Cl. The van der Waals surface area contributed by atoms with Crippen LogP contribution in [0.4, 0.5) is 4.39 Å². The van der Waals surface area contributed by atoms with Gasteiger partial charge in [0.05, 0.1) is 6.54 Å². The number of aryl methyl sites for hydroxylation is 1. The van der Waals surface area contributed by atoms with E-state index in [2.05, 4.69) is 10.7 Å². The molecule has 0 bridgehead atoms. The molecule has 0 saturated carbocycles. The molecule has 0 fully saturated rings. The van der Waals surface area contributed by atoms with Crippen molar-refractivity contribution >= 4 is 29.9 Å². The van der Waals surface area contributed by atoms with Crippen molar-refractivity contribution < 1.29 is 9.18 Å². The largest absolute Gasteiger partial charge is 0.350 e. The van der Waals surface area contributed by atoms with Crippen LogP contribution in [-0.2, 0) is 31.0 Å². The van der Waals surface area contributed by atoms with Gasteiger partial charge in [0, 0.05) is 29.9 Å². The van der Waals surface area contributed by atoms with Gasteiger partial charge in [-0.2, -0.15) is 4.68 Å². The minimum absolute atomic E-state index is 0. The van der Waals surface area contributed by atoms with E-state index in [1.54, 1.807) is 6.92 Å². The van der Waals surface area contributed by atoms with Crippen LogP contribution in [0.2, 0.25) is 5.02 Å². The molecule has 0 spiro atoms. The van der Waals surface area contributed by atoms with Gasteiger partial charge in [-0.15, -0.1) is 12.4 Å². The van der Waals surface area contributed by atoms with Crippen LogP contribution in [0.3, 0.4) is 0 Å². The summed E-state index contributed by atoms with van der Waals surface area (Å²) in [6.45, 7) is 1.83. The lowest BCUT2D eigenvalue weighted by Gasteiger charge is -2.15. The molecule has 176 valence electrons. The number of nitrogens with two attached hydrogens (primary N) is 1. The first-order valence-corrected chi connectivity index (χ1v) is 10.2. The molecule has 2 aromatic carbocycles. The molecule has 1 amide bonds. The van der Waals surface area contributed by atoms with Crippen molar-refractivity contribution in [3.05, 3.63) is 103 Å². The monoisotopic (exact) mass is 495 g/mol. The smallest absolute Gasteiger partial charge is 0.350 e. The van der Waals surface area contributed by atoms with Crippen molar-refractivity contribution in [1.29, 1.82) is 0 Å². The summed E-state index contributed by atoms with van der Waals surface area (Å²) in [6, 6.07) is 12.5. The van der Waals surface area contributed by atoms with Crippen LogP contribution < -0.4 is 27.7 Å². The maximum atomic E-state index is 13.5. The molecule has 0 aliphatic carbocycles. The predicted molar refractivity (Wildman–Crippen MR) is 128 cm³/mol. The summed E-state index contributed by atoms with van der Waals surface area (Å²) in [6.07, 6.45) is 0. The van der Waals surface area contributed by atoms with Crippen molar-refractivity contribution in [2.75, 3.05) is 5.43 Å². The normalized spacial score (nSPS) is 10.4. The van der Waals surface area contributed by atoms with E-state index in [1.165, 1.54) is 28.8 Å². The number of benzene rings is 2. The number of amides is 1. The second-order valence-electron chi connectivity index (χ2n) is 7.15. The maximum Gasteiger partial charge on any atom is 0.350 e. The van der Waals surface area contributed by atoms with Gasteiger partial charge in [0.1, 0.15) is 12.4 Å². The molecule has 0 radical (unpaired) electrons. The van der Waals surface area contributed by atoms with Gasteiger partial charge in [0.15, 0.2) is 0 Å². The molecule has 0 unspecified atom stereocenters. The number of rotatable bonds is 8. The van der Waals surface area contributed by atoms with Gasteiger partial charge in [-0.1, -0.05) is 35.9 Å². The lowest BCUT2D eigenvalue weighted by Crippen LogP contribution is -2.46. The highest BCUT2D eigenvalue weighted by atomic mass is 35.5. The minimum Gasteiger partial charge on any atom is -0.350 e. The molecule has 3 rings (SSSR count). The van der Waals surface area contributed by atoms with Crippen LogP contribution in [0, 0.1) is 12.7 Å². The zero-order valence-electron chi connectivity index (χ0n) is 17.8. The predicted octanol–water partition coefficient (Wildman–Crippen LogP) is 2.05. The summed E-state index contributed by atoms with van der Waals surface area (Å²) in [5.74, 6) is -0.895. The topological polar surface area (TPSA) is 111 Å². The van der Waals surface area contributed by atoms with Gasteiger partial charge < -0.3 is 16.5 Å². The van der Waals surface area contributed by atoms with Crippen LogP contribution in [-0.4, -0.2) is 15.2 Å². The summed E-state index contributed by atoms with van der Waals surface area (Å²) in [4.78, 5) is 37.7. The molecule has 4 N–H and O–H groups in total. The molecule has 1 aromatic heterocycles. The van der Waals surface area contributed by atoms with Crippen molar-refractivity contribution in [3.8, 4) is 0 Å². The summed E-state index contributed by atoms with van der Waals surface area (Å²) in [5.41, 5.74) is 9.54. The highest BCUT2D eigenvalue weighted by Crippen LogP contribution is 2.16. The van der Waals surface area contributed by atoms with E-state index in [0.717, 1.165) is 15.8 Å². The Labute approximate surface area is 200 Å². The molecule has 1 heterocycles. The molecule has 11 heteroatoms. The van der Waals surface area contributed by atoms with E-state index in [1.807, 2.05) is 24.3 Å². The average molecular weight is 496 g/mol. The Bertz CT molecular complexity index is 1260. The Morgan fingerprint density at radius 2 is 1.76 bits per heavy atom. The molecule has 33 heavy (non-hydrogen) atoms. The van der Waals surface area contributed by atoms with E-state index in [-0.39, 0.29) is 37.1 Å². The third-order valence-corrected chi connectivity index (χ3v) is 5.32. The molecule has 8 nitrogen and oxygen atoms in total. The van der Waals surface area contributed by atoms with Crippen LogP contribution in [0.25, 0.3) is 0 Å². The quantitative estimate of drug-likeness (QED) is 0.442. The first kappa shape index (κ1) is 26.1. The van der Waals surface area contributed by atoms with E-state index in [9.17, 15) is 18.8 Å². The van der Waals surface area contributed by atoms with Crippen LogP contribution in [0.1, 0.15) is 22.4 Å². The molecule has 0 aliphatic rings. The number of nitrogens with zero attached hydrogens (tertiary/aromatic N) is 2. The van der Waals surface area contributed by atoms with Gasteiger partial charge in [-0.3, -0.25) is 14.2 Å². The Morgan fingerprint density at radius 3 is 2.45 bits per heavy atom. The third-order valence-electron chi connectivity index (χ3n) is 4.95. The van der Waals surface area contributed by atoms with Gasteiger partial charge in [-0.05, 0) is 41.8 Å². The third kappa shape index (κ3) is 6.44. The van der Waals surface area contributed by atoms with Gasteiger partial charge >= 0.3 is 5.69 Å².